The molecule has 0 saturated heterocycles. The quantitative estimate of drug-likeness (QED) is 0.177. The molecule has 0 radical (unpaired) electrons. The van der Waals surface area contributed by atoms with E-state index in [2.05, 4.69) is 180 Å². The van der Waals surface area contributed by atoms with Crippen molar-refractivity contribution in [3.05, 3.63) is 194 Å². The van der Waals surface area contributed by atoms with Crippen LogP contribution in [0.25, 0.3) is 136 Å². The van der Waals surface area contributed by atoms with E-state index in [0.717, 1.165) is 66.1 Å². The van der Waals surface area contributed by atoms with Crippen LogP contribution < -0.4 is 0 Å². The molecule has 14 aromatic rings. The van der Waals surface area contributed by atoms with Crippen molar-refractivity contribution in [3.8, 4) is 39.9 Å². The van der Waals surface area contributed by atoms with Crippen LogP contribution in [-0.2, 0) is 0 Å². The summed E-state index contributed by atoms with van der Waals surface area (Å²) >= 11 is 1.80. The molecule has 0 aliphatic heterocycles. The zero-order chi connectivity index (χ0) is 41.2. The number of furan rings is 1. The summed E-state index contributed by atoms with van der Waals surface area (Å²) in [5.41, 5.74) is 7.84. The maximum absolute atomic E-state index is 6.77. The Hall–Kier alpha value is -8.19. The lowest BCUT2D eigenvalue weighted by Gasteiger charge is -2.12. The fourth-order valence-corrected chi connectivity index (χ4v) is 11.0. The number of nitrogens with zero attached hydrogens (tertiary/aromatic N) is 4. The van der Waals surface area contributed by atoms with Gasteiger partial charge >= 0.3 is 0 Å². The molecule has 5 nitrogen and oxygen atoms in total. The third kappa shape index (κ3) is 5.19. The minimum atomic E-state index is 0.614. The van der Waals surface area contributed by atoms with Gasteiger partial charge in [0.25, 0.3) is 0 Å². The van der Waals surface area contributed by atoms with Crippen LogP contribution in [0.15, 0.2) is 199 Å². The van der Waals surface area contributed by atoms with Gasteiger partial charge in [0, 0.05) is 53.0 Å². The lowest BCUT2D eigenvalue weighted by molar-refractivity contribution is 0.669. The number of fused-ring (bicyclic) bond motifs is 14. The van der Waals surface area contributed by atoms with Crippen molar-refractivity contribution in [2.45, 2.75) is 0 Å². The zero-order valence-electron chi connectivity index (χ0n) is 33.6. The fraction of sp³-hybridized carbons (Fsp3) is 0. The third-order valence-corrected chi connectivity index (χ3v) is 13.9. The molecule has 14 rings (SSSR count). The van der Waals surface area contributed by atoms with Gasteiger partial charge in [-0.25, -0.2) is 15.0 Å². The van der Waals surface area contributed by atoms with Gasteiger partial charge in [-0.05, 0) is 86.9 Å². The summed E-state index contributed by atoms with van der Waals surface area (Å²) in [6, 6.07) is 69.1. The first-order valence-electron chi connectivity index (χ1n) is 21.2. The standard InChI is InChI=1S/C57H32N4OS/c1-2-12-35(13-3-1)55-58-56(60-57(59-55)39-23-26-42-41-17-8-9-20-50(41)63-51(42)32-39)38-22-21-34-25-28-49-53(43(34)30-38)54-45(18-10-19-48(54)62-49)61-46-27-24-33-11-6-7-16-40(33)52(46)44-29-36-14-4-5-15-37(36)31-47(44)61/h1-32H. The molecule has 0 aliphatic rings. The highest BCUT2D eigenvalue weighted by Crippen LogP contribution is 2.44. The van der Waals surface area contributed by atoms with Crippen molar-refractivity contribution in [2.24, 2.45) is 0 Å². The van der Waals surface area contributed by atoms with Crippen LogP contribution in [0.5, 0.6) is 0 Å². The summed E-state index contributed by atoms with van der Waals surface area (Å²) in [4.78, 5) is 15.5. The Morgan fingerprint density at radius 1 is 0.349 bits per heavy atom. The predicted octanol–water partition coefficient (Wildman–Crippen LogP) is 15.7. The minimum Gasteiger partial charge on any atom is -0.456 e. The molecule has 0 aliphatic carbocycles. The zero-order valence-corrected chi connectivity index (χ0v) is 34.4. The smallest absolute Gasteiger partial charge is 0.164 e. The second-order valence-corrected chi connectivity index (χ2v) is 17.4. The second-order valence-electron chi connectivity index (χ2n) is 16.3. The van der Waals surface area contributed by atoms with Crippen molar-refractivity contribution in [1.82, 2.24) is 19.5 Å². The first-order chi connectivity index (χ1) is 31.2. The van der Waals surface area contributed by atoms with Crippen LogP contribution in [0, 0.1) is 0 Å². The largest absolute Gasteiger partial charge is 0.456 e. The summed E-state index contributed by atoms with van der Waals surface area (Å²) in [6.45, 7) is 0. The van der Waals surface area contributed by atoms with Crippen LogP contribution in [0.2, 0.25) is 0 Å². The highest BCUT2D eigenvalue weighted by atomic mass is 32.1. The fourth-order valence-electron chi connectivity index (χ4n) is 9.89. The third-order valence-electron chi connectivity index (χ3n) is 12.8. The average Bonchev–Trinajstić information content (AvgIpc) is 4.02. The molecule has 0 saturated carbocycles. The van der Waals surface area contributed by atoms with Gasteiger partial charge in [-0.15, -0.1) is 11.3 Å². The normalized spacial score (nSPS) is 12.1. The van der Waals surface area contributed by atoms with Gasteiger partial charge in [0.1, 0.15) is 11.2 Å². The van der Waals surface area contributed by atoms with E-state index >= 15 is 0 Å². The van der Waals surface area contributed by atoms with E-state index < -0.39 is 0 Å². The van der Waals surface area contributed by atoms with Crippen LogP contribution in [0.4, 0.5) is 0 Å². The SMILES string of the molecule is c1ccc(-c2nc(-c3ccc4c(c3)sc3ccccc34)nc(-c3ccc4ccc5oc6cccc(-n7c8cc9ccccc9cc8c8c9ccccc9ccc87)c6c5c4c3)n2)cc1. The summed E-state index contributed by atoms with van der Waals surface area (Å²) in [6.07, 6.45) is 0. The van der Waals surface area contributed by atoms with E-state index in [1.807, 2.05) is 18.2 Å². The number of benzene rings is 10. The van der Waals surface area contributed by atoms with E-state index in [-0.39, 0.29) is 0 Å². The Morgan fingerprint density at radius 2 is 0.984 bits per heavy atom. The van der Waals surface area contributed by atoms with Crippen molar-refractivity contribution >= 4 is 108 Å². The molecule has 0 atom stereocenters. The Kier molecular flexibility index (Phi) is 7.21. The van der Waals surface area contributed by atoms with Crippen molar-refractivity contribution in [1.29, 1.82) is 0 Å². The lowest BCUT2D eigenvalue weighted by Crippen LogP contribution is -2.00. The van der Waals surface area contributed by atoms with E-state index in [0.29, 0.717) is 17.5 Å². The van der Waals surface area contributed by atoms with Crippen LogP contribution in [0.3, 0.4) is 0 Å². The molecule has 292 valence electrons. The van der Waals surface area contributed by atoms with Crippen LogP contribution in [0.1, 0.15) is 0 Å². The van der Waals surface area contributed by atoms with Crippen molar-refractivity contribution < 1.29 is 4.42 Å². The highest BCUT2D eigenvalue weighted by Gasteiger charge is 2.22. The monoisotopic (exact) mass is 820 g/mol. The molecule has 0 spiro atoms. The Morgan fingerprint density at radius 3 is 1.84 bits per heavy atom. The lowest BCUT2D eigenvalue weighted by atomic mass is 10.00. The molecule has 0 fully saturated rings. The van der Waals surface area contributed by atoms with E-state index in [4.69, 9.17) is 19.4 Å². The minimum absolute atomic E-state index is 0.614. The van der Waals surface area contributed by atoms with Gasteiger partial charge in [0.05, 0.1) is 22.1 Å². The first kappa shape index (κ1) is 34.5. The van der Waals surface area contributed by atoms with Gasteiger partial charge in [-0.2, -0.15) is 0 Å². The summed E-state index contributed by atoms with van der Waals surface area (Å²) in [7, 11) is 0. The molecule has 0 N–H and O–H groups in total. The van der Waals surface area contributed by atoms with Crippen LogP contribution >= 0.6 is 11.3 Å². The summed E-state index contributed by atoms with van der Waals surface area (Å²) < 4.78 is 11.7. The molecule has 0 amide bonds. The molecular formula is C57H32N4OS. The van der Waals surface area contributed by atoms with Gasteiger partial charge in [0.2, 0.25) is 0 Å². The molecule has 4 heterocycles. The van der Waals surface area contributed by atoms with Gasteiger partial charge in [0.15, 0.2) is 17.5 Å². The molecule has 10 aromatic carbocycles. The summed E-state index contributed by atoms with van der Waals surface area (Å²) in [5.74, 6) is 1.88. The average molecular weight is 821 g/mol. The van der Waals surface area contributed by atoms with E-state index in [1.165, 1.54) is 52.5 Å². The predicted molar refractivity (Wildman–Crippen MR) is 263 cm³/mol. The molecule has 6 heteroatoms. The maximum Gasteiger partial charge on any atom is 0.164 e. The Labute approximate surface area is 363 Å². The van der Waals surface area contributed by atoms with Gasteiger partial charge < -0.3 is 8.98 Å². The second kappa shape index (κ2) is 13.2. The molecule has 63 heavy (non-hydrogen) atoms. The highest BCUT2D eigenvalue weighted by molar-refractivity contribution is 7.25. The number of aromatic nitrogens is 4. The molecular weight excluding hydrogens is 789 g/mol. The Bertz CT molecular complexity index is 4220. The number of hydrogen-bond acceptors (Lipinski definition) is 5. The Balaban J connectivity index is 1.02. The topological polar surface area (TPSA) is 56.7 Å². The summed E-state index contributed by atoms with van der Waals surface area (Å²) in [5, 5.41) is 14.2. The maximum atomic E-state index is 6.77. The number of hydrogen-bond donors (Lipinski definition) is 0. The van der Waals surface area contributed by atoms with E-state index in [9.17, 15) is 0 Å². The van der Waals surface area contributed by atoms with Gasteiger partial charge in [-0.3, -0.25) is 0 Å². The van der Waals surface area contributed by atoms with Crippen LogP contribution in [-0.4, -0.2) is 19.5 Å². The number of thiophene rings is 1. The van der Waals surface area contributed by atoms with Gasteiger partial charge in [-0.1, -0.05) is 140 Å². The molecule has 0 bridgehead atoms. The first-order valence-corrected chi connectivity index (χ1v) is 22.0. The molecule has 4 aromatic heterocycles. The van der Waals surface area contributed by atoms with E-state index in [1.54, 1.807) is 11.3 Å². The molecule has 0 unspecified atom stereocenters. The van der Waals surface area contributed by atoms with Crippen molar-refractivity contribution in [2.75, 3.05) is 0 Å². The van der Waals surface area contributed by atoms with Crippen molar-refractivity contribution in [3.63, 3.8) is 0 Å². The number of rotatable bonds is 4.